The van der Waals surface area contributed by atoms with Gasteiger partial charge >= 0.3 is 5.97 Å². The number of carbonyl (C=O) groups excluding carboxylic acids is 1. The summed E-state index contributed by atoms with van der Waals surface area (Å²) in [5.41, 5.74) is 0.447. The fourth-order valence-electron chi connectivity index (χ4n) is 1.17. The third-order valence-electron chi connectivity index (χ3n) is 1.97. The smallest absolute Gasteiger partial charge is 0.333 e. The van der Waals surface area contributed by atoms with Gasteiger partial charge in [-0.05, 0) is 6.92 Å². The van der Waals surface area contributed by atoms with Crippen LogP contribution in [0, 0.1) is 0 Å². The van der Waals surface area contributed by atoms with Crippen LogP contribution in [-0.4, -0.2) is 17.1 Å². The number of esters is 1. The molecule has 0 spiro atoms. The van der Waals surface area contributed by atoms with E-state index in [9.17, 15) is 4.79 Å². The molecule has 0 atom stereocenters. The molecule has 0 aromatic carbocycles. The van der Waals surface area contributed by atoms with Crippen LogP contribution in [0.25, 0.3) is 0 Å². The molecule has 90 valence electrons. The van der Waals surface area contributed by atoms with Gasteiger partial charge in [-0.15, -0.1) is 0 Å². The van der Waals surface area contributed by atoms with E-state index in [2.05, 4.69) is 11.1 Å². The van der Waals surface area contributed by atoms with Crippen molar-refractivity contribution in [1.29, 1.82) is 0 Å². The number of halogens is 1. The molecule has 1 rings (SSSR count). The molecule has 0 aliphatic carbocycles. The Morgan fingerprint density at radius 1 is 1.56 bits per heavy atom. The summed E-state index contributed by atoms with van der Waals surface area (Å²) < 4.78 is 9.00. The van der Waals surface area contributed by atoms with Gasteiger partial charge in [0.1, 0.15) is 12.4 Å². The van der Waals surface area contributed by atoms with Crippen LogP contribution < -0.4 is 21.5 Å². The summed E-state index contributed by atoms with van der Waals surface area (Å²) in [4.78, 5) is 11.0. The largest absolute Gasteiger partial charge is 1.00 e. The first kappa shape index (κ1) is 14.9. The molecule has 0 fully saturated rings. The van der Waals surface area contributed by atoms with E-state index in [4.69, 9.17) is 4.74 Å². The minimum absolute atomic E-state index is 0. The lowest BCUT2D eigenvalue weighted by Crippen LogP contribution is -3.00. The lowest BCUT2D eigenvalue weighted by Gasteiger charge is -2.02. The highest BCUT2D eigenvalue weighted by atomic mass is 79.9. The van der Waals surface area contributed by atoms with Gasteiger partial charge in [0.25, 0.3) is 0 Å². The number of imidazole rings is 1. The molecular formula is C11H17BrN2O2. The van der Waals surface area contributed by atoms with Crippen molar-refractivity contribution < 1.29 is 31.1 Å². The van der Waals surface area contributed by atoms with Crippen molar-refractivity contribution in [2.45, 2.75) is 19.9 Å². The Bertz CT molecular complexity index is 361. The lowest BCUT2D eigenvalue weighted by molar-refractivity contribution is -0.696. The molecule has 0 aliphatic heterocycles. The minimum Gasteiger partial charge on any atom is -1.00 e. The van der Waals surface area contributed by atoms with Crippen LogP contribution in [0.5, 0.6) is 0 Å². The summed E-state index contributed by atoms with van der Waals surface area (Å²) >= 11 is 0. The average molecular weight is 289 g/mol. The van der Waals surface area contributed by atoms with Gasteiger partial charge in [-0.2, -0.15) is 0 Å². The standard InChI is InChI=1S/C11H17N2O2.BrH/c1-10(2)11(14)15-8-4-5-13-7-6-12(3)9-13;/h6-7,9H,1,4-5,8H2,2-3H3;1H/q+1;/p-1. The fourth-order valence-corrected chi connectivity index (χ4v) is 1.17. The predicted octanol–water partition coefficient (Wildman–Crippen LogP) is -2.17. The van der Waals surface area contributed by atoms with Crippen molar-refractivity contribution in [3.8, 4) is 0 Å². The van der Waals surface area contributed by atoms with Crippen LogP contribution in [0.3, 0.4) is 0 Å². The summed E-state index contributed by atoms with van der Waals surface area (Å²) in [6.07, 6.45) is 6.76. The zero-order valence-corrected chi connectivity index (χ0v) is 11.2. The number of nitrogens with zero attached hydrogens (tertiary/aromatic N) is 2. The summed E-state index contributed by atoms with van der Waals surface area (Å²) in [5, 5.41) is 0. The molecule has 0 saturated carbocycles. The Labute approximate surface area is 106 Å². The molecule has 1 aromatic rings. The van der Waals surface area contributed by atoms with Crippen LogP contribution in [0.1, 0.15) is 13.3 Å². The van der Waals surface area contributed by atoms with E-state index < -0.39 is 0 Å². The molecule has 0 bridgehead atoms. The van der Waals surface area contributed by atoms with Gasteiger partial charge in [0.2, 0.25) is 6.33 Å². The van der Waals surface area contributed by atoms with Gasteiger partial charge in [-0.1, -0.05) is 6.58 Å². The second-order valence-electron chi connectivity index (χ2n) is 3.59. The fraction of sp³-hybridized carbons (Fsp3) is 0.455. The summed E-state index contributed by atoms with van der Waals surface area (Å²) in [7, 11) is 1.97. The number of carbonyl (C=O) groups is 1. The third kappa shape index (κ3) is 5.11. The second kappa shape index (κ2) is 7.22. The van der Waals surface area contributed by atoms with E-state index in [1.165, 1.54) is 0 Å². The third-order valence-corrected chi connectivity index (χ3v) is 1.97. The molecule has 0 N–H and O–H groups in total. The maximum Gasteiger partial charge on any atom is 0.333 e. The summed E-state index contributed by atoms with van der Waals surface area (Å²) in [6.45, 7) is 6.45. The molecule has 0 amide bonds. The minimum atomic E-state index is -0.312. The van der Waals surface area contributed by atoms with E-state index in [1.807, 2.05) is 30.3 Å². The molecule has 0 saturated heterocycles. The Morgan fingerprint density at radius 3 is 2.75 bits per heavy atom. The predicted molar refractivity (Wildman–Crippen MR) is 56.0 cm³/mol. The molecule has 0 aliphatic rings. The quantitative estimate of drug-likeness (QED) is 0.267. The Hall–Kier alpha value is -1.10. The highest BCUT2D eigenvalue weighted by Crippen LogP contribution is 1.93. The van der Waals surface area contributed by atoms with Crippen molar-refractivity contribution in [3.63, 3.8) is 0 Å². The first-order valence-electron chi connectivity index (χ1n) is 4.93. The van der Waals surface area contributed by atoms with Crippen molar-refractivity contribution in [2.24, 2.45) is 7.05 Å². The zero-order chi connectivity index (χ0) is 11.3. The van der Waals surface area contributed by atoms with Crippen molar-refractivity contribution in [1.82, 2.24) is 4.57 Å². The summed E-state index contributed by atoms with van der Waals surface area (Å²) in [6, 6.07) is 0. The number of hydrogen-bond acceptors (Lipinski definition) is 2. The highest BCUT2D eigenvalue weighted by Gasteiger charge is 2.03. The van der Waals surface area contributed by atoms with Gasteiger partial charge in [0.05, 0.1) is 20.2 Å². The maximum absolute atomic E-state index is 11.0. The topological polar surface area (TPSA) is 35.1 Å². The molecule has 16 heavy (non-hydrogen) atoms. The molecule has 0 radical (unpaired) electrons. The second-order valence-corrected chi connectivity index (χ2v) is 3.59. The van der Waals surface area contributed by atoms with Crippen LogP contribution in [0.15, 0.2) is 30.9 Å². The van der Waals surface area contributed by atoms with E-state index in [1.54, 1.807) is 6.92 Å². The number of ether oxygens (including phenoxy) is 1. The van der Waals surface area contributed by atoms with E-state index in [-0.39, 0.29) is 23.0 Å². The lowest BCUT2D eigenvalue weighted by atomic mass is 10.3. The SMILES string of the molecule is C=C(C)C(=O)OCCC[n+]1ccn(C)c1.[Br-]. The molecule has 5 heteroatoms. The van der Waals surface area contributed by atoms with E-state index >= 15 is 0 Å². The van der Waals surface area contributed by atoms with Gasteiger partial charge in [0.15, 0.2) is 0 Å². The van der Waals surface area contributed by atoms with E-state index in [0.717, 1.165) is 13.0 Å². The van der Waals surface area contributed by atoms with Crippen molar-refractivity contribution >= 4 is 5.97 Å². The Balaban J connectivity index is 0.00000225. The monoisotopic (exact) mass is 288 g/mol. The molecule has 1 heterocycles. The van der Waals surface area contributed by atoms with Crippen LogP contribution >= 0.6 is 0 Å². The number of aryl methyl sites for hydroxylation is 2. The van der Waals surface area contributed by atoms with Crippen LogP contribution in [-0.2, 0) is 23.1 Å². The van der Waals surface area contributed by atoms with Crippen molar-refractivity contribution in [2.75, 3.05) is 6.61 Å². The average Bonchev–Trinajstić information content (AvgIpc) is 2.58. The summed E-state index contributed by atoms with van der Waals surface area (Å²) in [5.74, 6) is -0.312. The number of hydrogen-bond donors (Lipinski definition) is 0. The molecule has 1 aromatic heterocycles. The first-order chi connectivity index (χ1) is 7.09. The molecule has 4 nitrogen and oxygen atoms in total. The Morgan fingerprint density at radius 2 is 2.25 bits per heavy atom. The maximum atomic E-state index is 11.0. The Kier molecular flexibility index (Phi) is 6.72. The number of aromatic nitrogens is 2. The van der Waals surface area contributed by atoms with Gasteiger partial charge in [-0.3, -0.25) is 0 Å². The van der Waals surface area contributed by atoms with Gasteiger partial charge in [-0.25, -0.2) is 13.9 Å². The normalized spacial score (nSPS) is 9.38. The van der Waals surface area contributed by atoms with Gasteiger partial charge in [0, 0.05) is 12.0 Å². The zero-order valence-electron chi connectivity index (χ0n) is 9.65. The molecular weight excluding hydrogens is 272 g/mol. The van der Waals surface area contributed by atoms with Crippen LogP contribution in [0.2, 0.25) is 0 Å². The van der Waals surface area contributed by atoms with Gasteiger partial charge < -0.3 is 21.7 Å². The number of rotatable bonds is 5. The van der Waals surface area contributed by atoms with Crippen molar-refractivity contribution in [3.05, 3.63) is 30.9 Å². The molecule has 0 unspecified atom stereocenters. The van der Waals surface area contributed by atoms with Crippen LogP contribution in [0.4, 0.5) is 0 Å². The highest BCUT2D eigenvalue weighted by molar-refractivity contribution is 5.86. The first-order valence-corrected chi connectivity index (χ1v) is 4.93. The van der Waals surface area contributed by atoms with E-state index in [0.29, 0.717) is 12.2 Å².